The molecular formula is C8H8Mg2O8. The van der Waals surface area contributed by atoms with Gasteiger partial charge in [0.05, 0.1) is 0 Å². The van der Waals surface area contributed by atoms with Crippen molar-refractivity contribution >= 4 is 70.0 Å². The van der Waals surface area contributed by atoms with E-state index >= 15 is 0 Å². The van der Waals surface area contributed by atoms with Crippen LogP contribution in [0.15, 0.2) is 0 Å². The Morgan fingerprint density at radius 1 is 0.500 bits per heavy atom. The monoisotopic (exact) mass is 280 g/mol. The van der Waals surface area contributed by atoms with Crippen LogP contribution in [0.1, 0.15) is 25.7 Å². The molecule has 0 saturated carbocycles. The zero-order valence-electron chi connectivity index (χ0n) is 9.51. The fraction of sp³-hybridized carbons (Fsp3) is 0.500. The number of hydrogen-bond acceptors (Lipinski definition) is 8. The third-order valence-electron chi connectivity index (χ3n) is 1.07. The molecule has 0 atom stereocenters. The third-order valence-corrected chi connectivity index (χ3v) is 1.07. The quantitative estimate of drug-likeness (QED) is 0.434. The first-order valence-corrected chi connectivity index (χ1v) is 4.05. The van der Waals surface area contributed by atoms with Crippen LogP contribution in [0.3, 0.4) is 0 Å². The number of carbonyl (C=O) groups is 4. The molecule has 92 valence electrons. The van der Waals surface area contributed by atoms with Gasteiger partial charge >= 0.3 is 46.1 Å². The Kier molecular flexibility index (Phi) is 23.8. The molecule has 18 heavy (non-hydrogen) atoms. The summed E-state index contributed by atoms with van der Waals surface area (Å²) >= 11 is 0. The van der Waals surface area contributed by atoms with Gasteiger partial charge in [-0.15, -0.1) is 0 Å². The summed E-state index contributed by atoms with van der Waals surface area (Å²) in [5, 5.41) is 38.0. The number of carboxylic acids is 4. The minimum atomic E-state index is -1.37. The Hall–Kier alpha value is -0.588. The average molecular weight is 281 g/mol. The van der Waals surface area contributed by atoms with E-state index in [2.05, 4.69) is 0 Å². The van der Waals surface area contributed by atoms with E-state index in [0.717, 1.165) is 0 Å². The van der Waals surface area contributed by atoms with Gasteiger partial charge in [-0.25, -0.2) is 0 Å². The van der Waals surface area contributed by atoms with Crippen LogP contribution in [0.5, 0.6) is 0 Å². The fourth-order valence-electron chi connectivity index (χ4n) is 0.408. The summed E-state index contributed by atoms with van der Waals surface area (Å²) in [5.74, 6) is -5.47. The predicted octanol–water partition coefficient (Wildman–Crippen LogP) is -6.23. The standard InChI is InChI=1S/2C4H6O4.2Mg/c2*5-3(6)1-2-4(7)8;;/h2*1-2H2,(H,5,6)(H,7,8);;/q;;2*+2/p-4. The number of rotatable bonds is 6. The first kappa shape index (κ1) is 26.1. The van der Waals surface area contributed by atoms with Crippen molar-refractivity contribution in [3.8, 4) is 0 Å². The second-order valence-corrected chi connectivity index (χ2v) is 2.49. The van der Waals surface area contributed by atoms with Gasteiger partial charge in [0.25, 0.3) is 0 Å². The van der Waals surface area contributed by atoms with Crippen molar-refractivity contribution in [2.24, 2.45) is 0 Å². The molecule has 0 saturated heterocycles. The van der Waals surface area contributed by atoms with Gasteiger partial charge in [0.2, 0.25) is 0 Å². The van der Waals surface area contributed by atoms with E-state index in [1.807, 2.05) is 0 Å². The van der Waals surface area contributed by atoms with Gasteiger partial charge < -0.3 is 39.6 Å². The maximum absolute atomic E-state index is 9.50. The molecule has 10 heteroatoms. The Balaban J connectivity index is -0.0000000980. The van der Waals surface area contributed by atoms with Gasteiger partial charge in [-0.2, -0.15) is 0 Å². The molecule has 0 heterocycles. The summed E-state index contributed by atoms with van der Waals surface area (Å²) in [7, 11) is 0. The molecule has 0 aromatic heterocycles. The predicted molar refractivity (Wildman–Crippen MR) is 50.0 cm³/mol. The minimum absolute atomic E-state index is 0. The molecule has 0 fully saturated rings. The molecule has 0 aromatic rings. The van der Waals surface area contributed by atoms with Crippen LogP contribution < -0.4 is 20.4 Å². The van der Waals surface area contributed by atoms with Crippen molar-refractivity contribution in [2.75, 3.05) is 0 Å². The molecule has 0 aliphatic heterocycles. The molecule has 0 aliphatic rings. The first-order valence-electron chi connectivity index (χ1n) is 4.05. The number of carbonyl (C=O) groups excluding carboxylic acids is 4. The Morgan fingerprint density at radius 3 is 0.667 bits per heavy atom. The van der Waals surface area contributed by atoms with Crippen LogP contribution in [0.25, 0.3) is 0 Å². The van der Waals surface area contributed by atoms with Crippen LogP contribution >= 0.6 is 0 Å². The zero-order chi connectivity index (χ0) is 13.1. The summed E-state index contributed by atoms with van der Waals surface area (Å²) in [5.41, 5.74) is 0. The normalized spacial score (nSPS) is 7.56. The van der Waals surface area contributed by atoms with Crippen molar-refractivity contribution in [3.05, 3.63) is 0 Å². The summed E-state index contributed by atoms with van der Waals surface area (Å²) in [6.07, 6.45) is -1.88. The Bertz CT molecular complexity index is 222. The summed E-state index contributed by atoms with van der Waals surface area (Å²) in [6.45, 7) is 0. The van der Waals surface area contributed by atoms with Crippen molar-refractivity contribution in [3.63, 3.8) is 0 Å². The minimum Gasteiger partial charge on any atom is -0.550 e. The molecule has 0 spiro atoms. The Labute approximate surface area is 135 Å². The van der Waals surface area contributed by atoms with Gasteiger partial charge in [-0.05, 0) is 25.7 Å². The molecular weight excluding hydrogens is 273 g/mol. The number of aliphatic carboxylic acids is 4. The fourth-order valence-corrected chi connectivity index (χ4v) is 0.408. The van der Waals surface area contributed by atoms with Crippen molar-refractivity contribution < 1.29 is 39.6 Å². The van der Waals surface area contributed by atoms with Gasteiger partial charge in [-0.1, -0.05) is 0 Å². The maximum atomic E-state index is 9.50. The average Bonchev–Trinajstić information content (AvgIpc) is 2.12. The SMILES string of the molecule is O=C([O-])CCC(=O)[O-].O=C([O-])CCC(=O)[O-].[Mg+2].[Mg+2]. The Morgan fingerprint density at radius 2 is 0.611 bits per heavy atom. The van der Waals surface area contributed by atoms with Crippen LogP contribution in [-0.4, -0.2) is 70.0 Å². The summed E-state index contributed by atoms with van der Waals surface area (Å²) in [6, 6.07) is 0. The molecule has 0 rings (SSSR count). The second kappa shape index (κ2) is 16.4. The van der Waals surface area contributed by atoms with E-state index in [1.54, 1.807) is 0 Å². The van der Waals surface area contributed by atoms with Crippen molar-refractivity contribution in [2.45, 2.75) is 25.7 Å². The second-order valence-electron chi connectivity index (χ2n) is 2.49. The molecule has 0 unspecified atom stereocenters. The van der Waals surface area contributed by atoms with Gasteiger partial charge in [0, 0.05) is 23.9 Å². The van der Waals surface area contributed by atoms with E-state index in [1.165, 1.54) is 0 Å². The topological polar surface area (TPSA) is 161 Å². The first-order chi connectivity index (χ1) is 7.25. The van der Waals surface area contributed by atoms with E-state index in [9.17, 15) is 39.6 Å². The van der Waals surface area contributed by atoms with Gasteiger partial charge in [-0.3, -0.25) is 0 Å². The molecule has 0 amide bonds. The summed E-state index contributed by atoms with van der Waals surface area (Å²) < 4.78 is 0. The third kappa shape index (κ3) is 36.1. The zero-order valence-corrected chi connectivity index (χ0v) is 12.3. The van der Waals surface area contributed by atoms with Gasteiger partial charge in [0.15, 0.2) is 0 Å². The van der Waals surface area contributed by atoms with Crippen LogP contribution in [0.2, 0.25) is 0 Å². The van der Waals surface area contributed by atoms with Crippen molar-refractivity contribution in [1.82, 2.24) is 0 Å². The van der Waals surface area contributed by atoms with Crippen LogP contribution in [-0.2, 0) is 19.2 Å². The summed E-state index contributed by atoms with van der Waals surface area (Å²) in [4.78, 5) is 38.0. The van der Waals surface area contributed by atoms with E-state index in [-0.39, 0.29) is 46.1 Å². The smallest absolute Gasteiger partial charge is 0.550 e. The van der Waals surface area contributed by atoms with Crippen molar-refractivity contribution in [1.29, 1.82) is 0 Å². The van der Waals surface area contributed by atoms with Crippen LogP contribution in [0, 0.1) is 0 Å². The van der Waals surface area contributed by atoms with E-state index < -0.39 is 49.6 Å². The molecule has 0 N–H and O–H groups in total. The molecule has 0 aromatic carbocycles. The van der Waals surface area contributed by atoms with E-state index in [4.69, 9.17) is 0 Å². The van der Waals surface area contributed by atoms with Gasteiger partial charge in [0.1, 0.15) is 0 Å². The van der Waals surface area contributed by atoms with E-state index in [0.29, 0.717) is 0 Å². The number of carboxylic acid groups (broad SMARTS) is 4. The molecule has 0 radical (unpaired) electrons. The number of hydrogen-bond donors (Lipinski definition) is 0. The maximum Gasteiger partial charge on any atom is 2.00 e. The molecule has 0 bridgehead atoms. The molecule has 8 nitrogen and oxygen atoms in total. The van der Waals surface area contributed by atoms with Crippen LogP contribution in [0.4, 0.5) is 0 Å². The molecule has 0 aliphatic carbocycles. The largest absolute Gasteiger partial charge is 2.00 e.